The Morgan fingerprint density at radius 2 is 1.39 bits per heavy atom. The van der Waals surface area contributed by atoms with Crippen LogP contribution in [0.4, 0.5) is 5.69 Å². The number of nitrogens with one attached hydrogen (secondary N) is 2. The zero-order valence-electron chi connectivity index (χ0n) is 18.6. The zero-order valence-corrected chi connectivity index (χ0v) is 18.6. The lowest BCUT2D eigenvalue weighted by molar-refractivity contribution is -0.139. The molecule has 0 aliphatic heterocycles. The highest BCUT2D eigenvalue weighted by Crippen LogP contribution is 2.19. The van der Waals surface area contributed by atoms with E-state index in [1.165, 1.54) is 19.2 Å². The summed E-state index contributed by atoms with van der Waals surface area (Å²) in [5.74, 6) is -1.67. The lowest BCUT2D eigenvalue weighted by Gasteiger charge is -2.11. The fourth-order valence-electron chi connectivity index (χ4n) is 3.15. The van der Waals surface area contributed by atoms with Gasteiger partial charge in [0.15, 0.2) is 5.78 Å². The first-order chi connectivity index (χ1) is 15.8. The lowest BCUT2D eigenvalue weighted by atomic mass is 9.95. The van der Waals surface area contributed by atoms with Gasteiger partial charge >= 0.3 is 5.97 Å². The summed E-state index contributed by atoms with van der Waals surface area (Å²) in [6, 6.07) is 18.3. The van der Waals surface area contributed by atoms with Crippen molar-refractivity contribution in [2.75, 3.05) is 19.0 Å². The monoisotopic (exact) mass is 444 g/mol. The van der Waals surface area contributed by atoms with Crippen molar-refractivity contribution in [2.24, 2.45) is 0 Å². The van der Waals surface area contributed by atoms with Gasteiger partial charge in [0.25, 0.3) is 11.8 Å². The summed E-state index contributed by atoms with van der Waals surface area (Å²) in [5.41, 5.74) is 3.93. The average molecular weight is 444 g/mol. The molecule has 0 unspecified atom stereocenters. The van der Waals surface area contributed by atoms with Gasteiger partial charge in [0.2, 0.25) is 0 Å². The summed E-state index contributed by atoms with van der Waals surface area (Å²) in [6.07, 6.45) is 0. The lowest BCUT2D eigenvalue weighted by Crippen LogP contribution is -2.30. The van der Waals surface area contributed by atoms with Gasteiger partial charge in [-0.1, -0.05) is 30.3 Å². The highest BCUT2D eigenvalue weighted by Gasteiger charge is 2.19. The number of benzene rings is 3. The van der Waals surface area contributed by atoms with Crippen LogP contribution in [0, 0.1) is 13.8 Å². The maximum atomic E-state index is 13.1. The molecule has 0 heterocycles. The van der Waals surface area contributed by atoms with E-state index in [1.807, 2.05) is 26.0 Å². The molecule has 0 saturated carbocycles. The van der Waals surface area contributed by atoms with Crippen LogP contribution < -0.4 is 10.6 Å². The van der Waals surface area contributed by atoms with Crippen LogP contribution in [0.1, 0.15) is 47.8 Å². The summed E-state index contributed by atoms with van der Waals surface area (Å²) in [4.78, 5) is 49.2. The van der Waals surface area contributed by atoms with Crippen molar-refractivity contribution in [2.45, 2.75) is 13.8 Å². The van der Waals surface area contributed by atoms with E-state index >= 15 is 0 Å². The summed E-state index contributed by atoms with van der Waals surface area (Å²) in [5, 5.41) is 5.19. The molecule has 0 aliphatic carbocycles. The summed E-state index contributed by atoms with van der Waals surface area (Å²) in [7, 11) is 1.24. The van der Waals surface area contributed by atoms with Gasteiger partial charge in [-0.2, -0.15) is 0 Å². The number of carbonyl (C=O) groups excluding carboxylic acids is 4. The van der Waals surface area contributed by atoms with Gasteiger partial charge < -0.3 is 15.4 Å². The van der Waals surface area contributed by atoms with Crippen molar-refractivity contribution >= 4 is 29.3 Å². The third-order valence-electron chi connectivity index (χ3n) is 5.21. The number of esters is 1. The third-order valence-corrected chi connectivity index (χ3v) is 5.21. The van der Waals surface area contributed by atoms with E-state index in [0.717, 1.165) is 11.1 Å². The third kappa shape index (κ3) is 5.71. The maximum absolute atomic E-state index is 13.1. The van der Waals surface area contributed by atoms with Crippen molar-refractivity contribution in [1.29, 1.82) is 0 Å². The van der Waals surface area contributed by atoms with Crippen LogP contribution in [0.3, 0.4) is 0 Å². The molecule has 0 spiro atoms. The topological polar surface area (TPSA) is 102 Å². The Balaban J connectivity index is 1.75. The van der Waals surface area contributed by atoms with Gasteiger partial charge in [-0.15, -0.1) is 0 Å². The first-order valence-electron chi connectivity index (χ1n) is 10.3. The van der Waals surface area contributed by atoms with Crippen LogP contribution in [-0.4, -0.2) is 37.2 Å². The van der Waals surface area contributed by atoms with Gasteiger partial charge in [0, 0.05) is 22.4 Å². The summed E-state index contributed by atoms with van der Waals surface area (Å²) < 4.78 is 4.48. The Morgan fingerprint density at radius 3 is 2.03 bits per heavy atom. The molecular formula is C26H24N2O5. The van der Waals surface area contributed by atoms with Crippen LogP contribution >= 0.6 is 0 Å². The van der Waals surface area contributed by atoms with Gasteiger partial charge in [-0.25, -0.2) is 0 Å². The molecule has 2 N–H and O–H groups in total. The molecule has 0 aromatic heterocycles. The molecule has 0 aliphatic rings. The molecule has 0 bridgehead atoms. The Bertz CT molecular complexity index is 1220. The minimum atomic E-state index is -0.554. The molecule has 7 nitrogen and oxygen atoms in total. The van der Waals surface area contributed by atoms with Crippen molar-refractivity contribution in [3.63, 3.8) is 0 Å². The molecule has 3 aromatic rings. The zero-order chi connectivity index (χ0) is 24.0. The van der Waals surface area contributed by atoms with E-state index < -0.39 is 17.8 Å². The number of aryl methyl sites for hydroxylation is 2. The van der Waals surface area contributed by atoms with Gasteiger partial charge in [0.1, 0.15) is 6.54 Å². The largest absolute Gasteiger partial charge is 0.468 e. The molecular weight excluding hydrogens is 420 g/mol. The van der Waals surface area contributed by atoms with E-state index in [9.17, 15) is 19.2 Å². The van der Waals surface area contributed by atoms with Crippen LogP contribution in [0.15, 0.2) is 66.7 Å². The van der Waals surface area contributed by atoms with Crippen molar-refractivity contribution in [1.82, 2.24) is 5.32 Å². The smallest absolute Gasteiger partial charge is 0.325 e. The average Bonchev–Trinajstić information content (AvgIpc) is 2.84. The van der Waals surface area contributed by atoms with E-state index in [1.54, 1.807) is 42.5 Å². The molecule has 7 heteroatoms. The molecule has 0 atom stereocenters. The number of amides is 2. The number of hydrogen-bond donors (Lipinski definition) is 2. The number of ketones is 1. The van der Waals surface area contributed by atoms with Crippen LogP contribution in [0.2, 0.25) is 0 Å². The number of anilines is 1. The molecule has 3 rings (SSSR count). The van der Waals surface area contributed by atoms with Crippen LogP contribution in [-0.2, 0) is 9.53 Å². The highest BCUT2D eigenvalue weighted by molar-refractivity contribution is 6.17. The quantitative estimate of drug-likeness (QED) is 0.428. The van der Waals surface area contributed by atoms with E-state index in [4.69, 9.17) is 0 Å². The fraction of sp³-hybridized carbons (Fsp3) is 0.154. The molecule has 0 saturated heterocycles. The number of hydrogen-bond acceptors (Lipinski definition) is 5. The number of ether oxygens (including phenoxy) is 1. The van der Waals surface area contributed by atoms with E-state index in [-0.39, 0.29) is 17.9 Å². The van der Waals surface area contributed by atoms with Gasteiger partial charge in [0.05, 0.1) is 12.7 Å². The number of rotatable bonds is 7. The standard InChI is InChI=1S/C26H24N2O5/c1-16-8-9-19(14-17(16)2)24(30)21-6-4-5-7-22(21)26(32)28-20-12-10-18(11-13-20)25(31)27-15-23(29)33-3/h4-14H,15H2,1-3H3,(H,27,31)(H,28,32). The molecule has 2 amide bonds. The normalized spacial score (nSPS) is 10.3. The first-order valence-corrected chi connectivity index (χ1v) is 10.3. The minimum absolute atomic E-state index is 0.235. The Labute approximate surface area is 191 Å². The second kappa shape index (κ2) is 10.4. The van der Waals surface area contributed by atoms with Gasteiger partial charge in [-0.05, 0) is 61.4 Å². The second-order valence-corrected chi connectivity index (χ2v) is 7.46. The van der Waals surface area contributed by atoms with Crippen LogP contribution in [0.5, 0.6) is 0 Å². The first kappa shape index (κ1) is 23.4. The number of carbonyl (C=O) groups is 4. The number of methoxy groups -OCH3 is 1. The molecule has 168 valence electrons. The summed E-state index contributed by atoms with van der Waals surface area (Å²) >= 11 is 0. The van der Waals surface area contributed by atoms with E-state index in [0.29, 0.717) is 22.4 Å². The minimum Gasteiger partial charge on any atom is -0.468 e. The second-order valence-electron chi connectivity index (χ2n) is 7.46. The molecule has 33 heavy (non-hydrogen) atoms. The SMILES string of the molecule is COC(=O)CNC(=O)c1ccc(NC(=O)c2ccccc2C(=O)c2ccc(C)c(C)c2)cc1. The van der Waals surface area contributed by atoms with Crippen molar-refractivity contribution < 1.29 is 23.9 Å². The molecule has 0 radical (unpaired) electrons. The van der Waals surface area contributed by atoms with Crippen molar-refractivity contribution in [3.05, 3.63) is 100 Å². The van der Waals surface area contributed by atoms with Gasteiger partial charge in [-0.3, -0.25) is 19.2 Å². The molecule has 3 aromatic carbocycles. The highest BCUT2D eigenvalue weighted by atomic mass is 16.5. The predicted octanol–water partition coefficient (Wildman–Crippen LogP) is 3.69. The Hall–Kier alpha value is -4.26. The predicted molar refractivity (Wildman–Crippen MR) is 125 cm³/mol. The molecule has 0 fully saturated rings. The van der Waals surface area contributed by atoms with Crippen molar-refractivity contribution in [3.8, 4) is 0 Å². The maximum Gasteiger partial charge on any atom is 0.325 e. The van der Waals surface area contributed by atoms with E-state index in [2.05, 4.69) is 15.4 Å². The van der Waals surface area contributed by atoms with Crippen LogP contribution in [0.25, 0.3) is 0 Å². The summed E-state index contributed by atoms with van der Waals surface area (Å²) in [6.45, 7) is 3.67. The Morgan fingerprint density at radius 1 is 0.758 bits per heavy atom. The Kier molecular flexibility index (Phi) is 7.35. The fourth-order valence-corrected chi connectivity index (χ4v) is 3.15.